The number of hydrogen-bond donors (Lipinski definition) is 1. The van der Waals surface area contributed by atoms with Gasteiger partial charge in [0.2, 0.25) is 5.91 Å². The van der Waals surface area contributed by atoms with Gasteiger partial charge in [0.25, 0.3) is 0 Å². The van der Waals surface area contributed by atoms with Crippen LogP contribution in [0.4, 0.5) is 0 Å². The summed E-state index contributed by atoms with van der Waals surface area (Å²) in [5, 5.41) is 2.74. The standard InChI is InChI=1S/C13H17NO4S/c1-10-3-4-11(18-10)5-6-12(15)14-13(2)7-8-19(16,17)9-13/h3-6H,7-9H2,1-2H3,(H,14,15). The van der Waals surface area contributed by atoms with E-state index < -0.39 is 15.4 Å². The fourth-order valence-corrected chi connectivity index (χ4v) is 4.24. The number of furan rings is 1. The minimum absolute atomic E-state index is 0.000555. The van der Waals surface area contributed by atoms with Crippen molar-refractivity contribution in [2.45, 2.75) is 25.8 Å². The fraction of sp³-hybridized carbons (Fsp3) is 0.462. The Kier molecular flexibility index (Phi) is 3.54. The van der Waals surface area contributed by atoms with Gasteiger partial charge in [0.05, 0.1) is 17.0 Å². The predicted molar refractivity (Wildman–Crippen MR) is 72.3 cm³/mol. The average molecular weight is 283 g/mol. The predicted octanol–water partition coefficient (Wildman–Crippen LogP) is 1.29. The quantitative estimate of drug-likeness (QED) is 0.848. The molecule has 1 fully saturated rings. The minimum Gasteiger partial charge on any atom is -0.462 e. The van der Waals surface area contributed by atoms with E-state index >= 15 is 0 Å². The molecule has 1 amide bonds. The lowest BCUT2D eigenvalue weighted by Gasteiger charge is -2.22. The van der Waals surface area contributed by atoms with Crippen LogP contribution in [0.2, 0.25) is 0 Å². The molecule has 2 rings (SSSR count). The molecule has 1 aromatic heterocycles. The second-order valence-corrected chi connectivity index (χ2v) is 7.36. The van der Waals surface area contributed by atoms with E-state index in [2.05, 4.69) is 5.32 Å². The summed E-state index contributed by atoms with van der Waals surface area (Å²) in [6.45, 7) is 3.57. The van der Waals surface area contributed by atoms with Gasteiger partial charge >= 0.3 is 0 Å². The molecule has 0 aromatic carbocycles. The number of carbonyl (C=O) groups excluding carboxylic acids is 1. The minimum atomic E-state index is -3.02. The van der Waals surface area contributed by atoms with Crippen molar-refractivity contribution in [3.63, 3.8) is 0 Å². The highest BCUT2D eigenvalue weighted by Crippen LogP contribution is 2.22. The van der Waals surface area contributed by atoms with Crippen molar-refractivity contribution in [3.05, 3.63) is 29.7 Å². The molecule has 1 atom stereocenters. The van der Waals surface area contributed by atoms with E-state index in [9.17, 15) is 13.2 Å². The molecule has 104 valence electrons. The molecule has 19 heavy (non-hydrogen) atoms. The number of rotatable bonds is 3. The van der Waals surface area contributed by atoms with Gasteiger partial charge in [0, 0.05) is 6.08 Å². The van der Waals surface area contributed by atoms with Gasteiger partial charge in [-0.05, 0) is 38.5 Å². The Morgan fingerprint density at radius 1 is 1.47 bits per heavy atom. The third kappa shape index (κ3) is 3.70. The Morgan fingerprint density at radius 3 is 2.74 bits per heavy atom. The lowest BCUT2D eigenvalue weighted by Crippen LogP contribution is -2.46. The van der Waals surface area contributed by atoms with Gasteiger partial charge in [-0.25, -0.2) is 8.42 Å². The van der Waals surface area contributed by atoms with Crippen molar-refractivity contribution in [2.75, 3.05) is 11.5 Å². The van der Waals surface area contributed by atoms with Crippen molar-refractivity contribution < 1.29 is 17.6 Å². The summed E-state index contributed by atoms with van der Waals surface area (Å²) in [5.41, 5.74) is -0.667. The van der Waals surface area contributed by atoms with Gasteiger partial charge in [-0.2, -0.15) is 0 Å². The van der Waals surface area contributed by atoms with Gasteiger partial charge in [-0.3, -0.25) is 4.79 Å². The van der Waals surface area contributed by atoms with Gasteiger partial charge in [0.15, 0.2) is 9.84 Å². The SMILES string of the molecule is Cc1ccc(C=CC(=O)NC2(C)CCS(=O)(=O)C2)o1. The molecule has 0 spiro atoms. The van der Waals surface area contributed by atoms with E-state index in [0.717, 1.165) is 5.76 Å². The van der Waals surface area contributed by atoms with Crippen LogP contribution in [0, 0.1) is 6.92 Å². The van der Waals surface area contributed by atoms with E-state index in [0.29, 0.717) is 12.2 Å². The molecule has 0 radical (unpaired) electrons. The number of nitrogens with one attached hydrogen (secondary N) is 1. The Bertz CT molecular complexity index is 614. The Labute approximate surface area is 112 Å². The number of sulfone groups is 1. The van der Waals surface area contributed by atoms with Gasteiger partial charge in [-0.1, -0.05) is 0 Å². The molecule has 1 aliphatic rings. The highest BCUT2D eigenvalue weighted by molar-refractivity contribution is 7.91. The maximum absolute atomic E-state index is 11.8. The fourth-order valence-electron chi connectivity index (χ4n) is 2.15. The van der Waals surface area contributed by atoms with Crippen molar-refractivity contribution >= 4 is 21.8 Å². The normalized spacial score (nSPS) is 25.8. The molecule has 0 bridgehead atoms. The molecule has 0 saturated carbocycles. The van der Waals surface area contributed by atoms with E-state index in [-0.39, 0.29) is 17.4 Å². The largest absolute Gasteiger partial charge is 0.462 e. The highest BCUT2D eigenvalue weighted by atomic mass is 32.2. The lowest BCUT2D eigenvalue weighted by atomic mass is 10.0. The van der Waals surface area contributed by atoms with E-state index in [1.165, 1.54) is 6.08 Å². The maximum Gasteiger partial charge on any atom is 0.244 e. The first-order valence-electron chi connectivity index (χ1n) is 6.05. The topological polar surface area (TPSA) is 76.4 Å². The van der Waals surface area contributed by atoms with Gasteiger partial charge < -0.3 is 9.73 Å². The summed E-state index contributed by atoms with van der Waals surface area (Å²) in [5.74, 6) is 1.18. The number of aryl methyl sites for hydroxylation is 1. The maximum atomic E-state index is 11.8. The molecule has 1 saturated heterocycles. The average Bonchev–Trinajstić information content (AvgIpc) is 2.80. The molecule has 1 aromatic rings. The first-order chi connectivity index (χ1) is 8.78. The molecule has 1 aliphatic heterocycles. The van der Waals surface area contributed by atoms with Crippen LogP contribution in [0.1, 0.15) is 24.9 Å². The zero-order valence-electron chi connectivity index (χ0n) is 11.0. The molecule has 6 heteroatoms. The van der Waals surface area contributed by atoms with Gasteiger partial charge in [0.1, 0.15) is 11.5 Å². The van der Waals surface area contributed by atoms with Crippen molar-refractivity contribution in [3.8, 4) is 0 Å². The number of hydrogen-bond acceptors (Lipinski definition) is 4. The van der Waals surface area contributed by atoms with Crippen molar-refractivity contribution in [2.24, 2.45) is 0 Å². The summed E-state index contributed by atoms with van der Waals surface area (Å²) in [4.78, 5) is 11.8. The van der Waals surface area contributed by atoms with E-state index in [1.807, 2.05) is 13.0 Å². The molecular formula is C13H17NO4S. The molecule has 1 N–H and O–H groups in total. The molecule has 5 nitrogen and oxygen atoms in total. The van der Waals surface area contributed by atoms with E-state index in [4.69, 9.17) is 4.42 Å². The smallest absolute Gasteiger partial charge is 0.244 e. The first kappa shape index (κ1) is 13.9. The van der Waals surface area contributed by atoms with Crippen LogP contribution in [0.3, 0.4) is 0 Å². The van der Waals surface area contributed by atoms with Crippen LogP contribution in [-0.4, -0.2) is 31.4 Å². The van der Waals surface area contributed by atoms with Crippen LogP contribution in [0.15, 0.2) is 22.6 Å². The summed E-state index contributed by atoms with van der Waals surface area (Å²) in [7, 11) is -3.02. The summed E-state index contributed by atoms with van der Waals surface area (Å²) in [6.07, 6.45) is 3.37. The molecule has 2 heterocycles. The highest BCUT2D eigenvalue weighted by Gasteiger charge is 2.39. The van der Waals surface area contributed by atoms with Crippen LogP contribution >= 0.6 is 0 Å². The summed E-state index contributed by atoms with van der Waals surface area (Å²) in [6, 6.07) is 3.57. The van der Waals surface area contributed by atoms with Crippen LogP contribution in [0.25, 0.3) is 6.08 Å². The number of amides is 1. The summed E-state index contributed by atoms with van der Waals surface area (Å²) < 4.78 is 28.2. The van der Waals surface area contributed by atoms with Crippen molar-refractivity contribution in [1.82, 2.24) is 5.32 Å². The first-order valence-corrected chi connectivity index (χ1v) is 7.87. The van der Waals surface area contributed by atoms with Crippen molar-refractivity contribution in [1.29, 1.82) is 0 Å². The second kappa shape index (κ2) is 4.85. The van der Waals surface area contributed by atoms with Crippen LogP contribution < -0.4 is 5.32 Å². The molecule has 1 unspecified atom stereocenters. The lowest BCUT2D eigenvalue weighted by molar-refractivity contribution is -0.117. The zero-order valence-corrected chi connectivity index (χ0v) is 11.8. The third-order valence-electron chi connectivity index (χ3n) is 3.09. The van der Waals surface area contributed by atoms with Crippen LogP contribution in [0.5, 0.6) is 0 Å². The van der Waals surface area contributed by atoms with Gasteiger partial charge in [-0.15, -0.1) is 0 Å². The zero-order chi connectivity index (χ0) is 14.1. The summed E-state index contributed by atoms with van der Waals surface area (Å²) >= 11 is 0. The monoisotopic (exact) mass is 283 g/mol. The molecule has 0 aliphatic carbocycles. The second-order valence-electron chi connectivity index (χ2n) is 5.17. The Balaban J connectivity index is 1.97. The van der Waals surface area contributed by atoms with E-state index in [1.54, 1.807) is 19.1 Å². The molecular weight excluding hydrogens is 266 g/mol. The Morgan fingerprint density at radius 2 is 2.21 bits per heavy atom. The van der Waals surface area contributed by atoms with Crippen LogP contribution in [-0.2, 0) is 14.6 Å². The third-order valence-corrected chi connectivity index (χ3v) is 4.99. The number of carbonyl (C=O) groups is 1. The Hall–Kier alpha value is -1.56.